The Labute approximate surface area is 174 Å². The number of aliphatic hydroxyl groups excluding tert-OH is 1. The van der Waals surface area contributed by atoms with Crippen molar-refractivity contribution >= 4 is 17.5 Å². The number of rotatable bonds is 5. The van der Waals surface area contributed by atoms with Crippen molar-refractivity contribution in [1.82, 2.24) is 9.88 Å². The summed E-state index contributed by atoms with van der Waals surface area (Å²) in [6, 6.07) is 8.92. The van der Waals surface area contributed by atoms with E-state index in [1.165, 1.54) is 11.1 Å². The molecular formula is C22H25N3O5. The van der Waals surface area contributed by atoms with Crippen LogP contribution in [0, 0.1) is 0 Å². The van der Waals surface area contributed by atoms with Crippen molar-refractivity contribution in [3.63, 3.8) is 0 Å². The number of benzene rings is 1. The first kappa shape index (κ1) is 20.3. The van der Waals surface area contributed by atoms with Gasteiger partial charge in [-0.25, -0.2) is 0 Å². The summed E-state index contributed by atoms with van der Waals surface area (Å²) in [6.07, 6.45) is 2.85. The van der Waals surface area contributed by atoms with Gasteiger partial charge in [0.1, 0.15) is 18.0 Å². The molecule has 4 rings (SSSR count). The molecule has 2 aliphatic heterocycles. The standard InChI is InChI=1S/C22H25N3O5/c1-25(2)20(27)10-15-9-17-16-8-14(24-22(28)13-4-3-7-23-11-13)5-6-18(16)30-21(17)19(12-26)29-15/h3-8,11,15,17,19,21,26H,9-10,12H2,1-2H3,(H,24,28)/t15-,17-,19+,21+/m1/s1. The number of anilines is 1. The second-order valence-corrected chi connectivity index (χ2v) is 7.84. The number of carbonyl (C=O) groups is 2. The summed E-state index contributed by atoms with van der Waals surface area (Å²) in [4.78, 5) is 30.1. The minimum absolute atomic E-state index is 0.0215. The second kappa shape index (κ2) is 8.41. The number of hydrogen-bond donors (Lipinski definition) is 2. The molecule has 30 heavy (non-hydrogen) atoms. The maximum Gasteiger partial charge on any atom is 0.257 e. The Bertz CT molecular complexity index is 934. The number of aliphatic hydroxyl groups is 1. The van der Waals surface area contributed by atoms with E-state index in [-0.39, 0.29) is 43.0 Å². The number of pyridine rings is 1. The van der Waals surface area contributed by atoms with Crippen LogP contribution in [0.2, 0.25) is 0 Å². The van der Waals surface area contributed by atoms with E-state index >= 15 is 0 Å². The summed E-state index contributed by atoms with van der Waals surface area (Å²) < 4.78 is 12.0. The topological polar surface area (TPSA) is 101 Å². The molecule has 8 nitrogen and oxygen atoms in total. The first-order chi connectivity index (χ1) is 14.5. The maximum atomic E-state index is 12.5. The molecule has 0 saturated carbocycles. The third kappa shape index (κ3) is 4.01. The fourth-order valence-corrected chi connectivity index (χ4v) is 4.04. The monoisotopic (exact) mass is 411 g/mol. The Morgan fingerprint density at radius 3 is 2.83 bits per heavy atom. The minimum atomic E-state index is -0.510. The van der Waals surface area contributed by atoms with Crippen LogP contribution in [0.15, 0.2) is 42.7 Å². The van der Waals surface area contributed by atoms with Gasteiger partial charge in [-0.2, -0.15) is 0 Å². The van der Waals surface area contributed by atoms with Crippen molar-refractivity contribution in [2.45, 2.75) is 37.1 Å². The van der Waals surface area contributed by atoms with Gasteiger partial charge in [-0.1, -0.05) is 0 Å². The molecule has 1 saturated heterocycles. The fourth-order valence-electron chi connectivity index (χ4n) is 4.04. The number of amides is 2. The minimum Gasteiger partial charge on any atom is -0.487 e. The lowest BCUT2D eigenvalue weighted by Gasteiger charge is -2.37. The van der Waals surface area contributed by atoms with Crippen molar-refractivity contribution in [3.05, 3.63) is 53.9 Å². The Morgan fingerprint density at radius 2 is 2.13 bits per heavy atom. The van der Waals surface area contributed by atoms with E-state index in [0.717, 1.165) is 5.56 Å². The van der Waals surface area contributed by atoms with Gasteiger partial charge in [-0.05, 0) is 36.8 Å². The summed E-state index contributed by atoms with van der Waals surface area (Å²) in [5.41, 5.74) is 2.08. The average molecular weight is 411 g/mol. The van der Waals surface area contributed by atoms with Crippen molar-refractivity contribution in [2.24, 2.45) is 0 Å². The van der Waals surface area contributed by atoms with Gasteiger partial charge in [0.2, 0.25) is 5.91 Å². The quantitative estimate of drug-likeness (QED) is 0.778. The SMILES string of the molecule is CN(C)C(=O)C[C@H]1C[C@@H]2c3cc(NC(=O)c4cccnc4)ccc3O[C@@H]2[C@H](CO)O1. The molecule has 0 aliphatic carbocycles. The zero-order valence-corrected chi connectivity index (χ0v) is 16.9. The van der Waals surface area contributed by atoms with Crippen LogP contribution in [0.4, 0.5) is 5.69 Å². The first-order valence-electron chi connectivity index (χ1n) is 9.94. The van der Waals surface area contributed by atoms with Crippen molar-refractivity contribution in [2.75, 3.05) is 26.0 Å². The molecule has 2 amide bonds. The molecule has 0 bridgehead atoms. The van der Waals surface area contributed by atoms with E-state index in [1.54, 1.807) is 38.5 Å². The third-order valence-corrected chi connectivity index (χ3v) is 5.58. The van der Waals surface area contributed by atoms with Crippen LogP contribution in [0.3, 0.4) is 0 Å². The molecule has 2 aromatic rings. The number of nitrogens with zero attached hydrogens (tertiary/aromatic N) is 2. The van der Waals surface area contributed by atoms with Gasteiger partial charge in [-0.15, -0.1) is 0 Å². The van der Waals surface area contributed by atoms with E-state index in [0.29, 0.717) is 23.4 Å². The van der Waals surface area contributed by atoms with Crippen molar-refractivity contribution < 1.29 is 24.2 Å². The van der Waals surface area contributed by atoms with Crippen LogP contribution in [0.25, 0.3) is 0 Å². The lowest BCUT2D eigenvalue weighted by molar-refractivity contribution is -0.147. The molecule has 2 aliphatic rings. The highest BCUT2D eigenvalue weighted by molar-refractivity contribution is 6.04. The molecule has 8 heteroatoms. The number of hydrogen-bond acceptors (Lipinski definition) is 6. The highest BCUT2D eigenvalue weighted by Crippen LogP contribution is 2.47. The lowest BCUT2D eigenvalue weighted by Crippen LogP contribution is -2.47. The average Bonchev–Trinajstić information content (AvgIpc) is 3.11. The van der Waals surface area contributed by atoms with Gasteiger partial charge in [0.25, 0.3) is 5.91 Å². The van der Waals surface area contributed by atoms with Crippen LogP contribution in [-0.4, -0.2) is 65.8 Å². The van der Waals surface area contributed by atoms with Crippen LogP contribution >= 0.6 is 0 Å². The van der Waals surface area contributed by atoms with E-state index in [2.05, 4.69) is 10.3 Å². The molecule has 2 N–H and O–H groups in total. The highest BCUT2D eigenvalue weighted by atomic mass is 16.6. The molecule has 0 unspecified atom stereocenters. The van der Waals surface area contributed by atoms with Crippen molar-refractivity contribution in [3.8, 4) is 5.75 Å². The molecule has 0 radical (unpaired) electrons. The van der Waals surface area contributed by atoms with Crippen LogP contribution in [-0.2, 0) is 9.53 Å². The largest absolute Gasteiger partial charge is 0.487 e. The highest BCUT2D eigenvalue weighted by Gasteiger charge is 2.46. The van der Waals surface area contributed by atoms with Gasteiger partial charge in [-0.3, -0.25) is 14.6 Å². The predicted molar refractivity (Wildman–Crippen MR) is 109 cm³/mol. The van der Waals surface area contributed by atoms with Crippen molar-refractivity contribution in [1.29, 1.82) is 0 Å². The second-order valence-electron chi connectivity index (χ2n) is 7.84. The molecular weight excluding hydrogens is 386 g/mol. The van der Waals surface area contributed by atoms with E-state index in [4.69, 9.17) is 9.47 Å². The zero-order chi connectivity index (χ0) is 21.3. The van der Waals surface area contributed by atoms with E-state index in [9.17, 15) is 14.7 Å². The van der Waals surface area contributed by atoms with Gasteiger partial charge in [0.15, 0.2) is 0 Å². The van der Waals surface area contributed by atoms with Crippen LogP contribution in [0.5, 0.6) is 5.75 Å². The normalized spacial score (nSPS) is 24.4. The Hall–Kier alpha value is -2.97. The molecule has 1 fully saturated rings. The third-order valence-electron chi connectivity index (χ3n) is 5.58. The van der Waals surface area contributed by atoms with Gasteiger partial charge < -0.3 is 24.8 Å². The molecule has 4 atom stereocenters. The zero-order valence-electron chi connectivity index (χ0n) is 16.9. The smallest absolute Gasteiger partial charge is 0.257 e. The lowest BCUT2D eigenvalue weighted by atomic mass is 9.84. The van der Waals surface area contributed by atoms with Crippen LogP contribution < -0.4 is 10.1 Å². The van der Waals surface area contributed by atoms with E-state index in [1.807, 2.05) is 12.1 Å². The maximum absolute atomic E-state index is 12.5. The number of ether oxygens (including phenoxy) is 2. The van der Waals surface area contributed by atoms with Gasteiger partial charge >= 0.3 is 0 Å². The Kier molecular flexibility index (Phi) is 5.69. The van der Waals surface area contributed by atoms with Gasteiger partial charge in [0.05, 0.1) is 24.7 Å². The van der Waals surface area contributed by atoms with E-state index < -0.39 is 6.10 Å². The molecule has 0 spiro atoms. The Morgan fingerprint density at radius 1 is 1.30 bits per heavy atom. The molecule has 1 aromatic heterocycles. The number of aromatic nitrogens is 1. The molecule has 1 aromatic carbocycles. The molecule has 3 heterocycles. The number of fused-ring (bicyclic) bond motifs is 3. The summed E-state index contributed by atoms with van der Waals surface area (Å²) in [7, 11) is 3.42. The summed E-state index contributed by atoms with van der Waals surface area (Å²) in [5, 5.41) is 12.7. The predicted octanol–water partition coefficient (Wildman–Crippen LogP) is 1.81. The Balaban J connectivity index is 1.54. The summed E-state index contributed by atoms with van der Waals surface area (Å²) in [5.74, 6) is 0.423. The van der Waals surface area contributed by atoms with Crippen LogP contribution in [0.1, 0.15) is 34.7 Å². The summed E-state index contributed by atoms with van der Waals surface area (Å²) in [6.45, 7) is -0.188. The molecule has 158 valence electrons. The fraction of sp³-hybridized carbons (Fsp3) is 0.409. The number of carbonyl (C=O) groups excluding carboxylic acids is 2. The first-order valence-corrected chi connectivity index (χ1v) is 9.94. The number of nitrogens with one attached hydrogen (secondary N) is 1. The van der Waals surface area contributed by atoms with Gasteiger partial charge in [0, 0.05) is 43.7 Å². The summed E-state index contributed by atoms with van der Waals surface area (Å²) >= 11 is 0.